The van der Waals surface area contributed by atoms with Crippen molar-refractivity contribution in [3.63, 3.8) is 0 Å². The molecule has 5 heteroatoms. The number of hydrogen-bond acceptors (Lipinski definition) is 3. The predicted molar refractivity (Wildman–Crippen MR) is 61.5 cm³/mol. The fourth-order valence-corrected chi connectivity index (χ4v) is 1.35. The van der Waals surface area contributed by atoms with Gasteiger partial charge in [0.05, 0.1) is 16.3 Å². The van der Waals surface area contributed by atoms with Gasteiger partial charge in [0, 0.05) is 0 Å². The average molecular weight is 239 g/mol. The van der Waals surface area contributed by atoms with Gasteiger partial charge in [-0.3, -0.25) is 0 Å². The van der Waals surface area contributed by atoms with Crippen LogP contribution in [0.4, 0.5) is 5.69 Å². The molecule has 0 aliphatic carbocycles. The second-order valence-electron chi connectivity index (χ2n) is 3.83. The van der Waals surface area contributed by atoms with Crippen LogP contribution >= 0.6 is 11.6 Å². The molecule has 0 spiro atoms. The summed E-state index contributed by atoms with van der Waals surface area (Å²) in [5.74, 6) is -1.00. The van der Waals surface area contributed by atoms with Crippen molar-refractivity contribution in [2.75, 3.05) is 5.32 Å². The molecule has 0 aliphatic heterocycles. The normalized spacial score (nSPS) is 10.6. The van der Waals surface area contributed by atoms with E-state index in [4.69, 9.17) is 22.0 Å². The van der Waals surface area contributed by atoms with Crippen molar-refractivity contribution in [1.29, 1.82) is 5.26 Å². The SMILES string of the molecule is CC(C)(Nc1cccc(Cl)c1C#N)C(=O)O. The van der Waals surface area contributed by atoms with E-state index in [1.807, 2.05) is 6.07 Å². The molecule has 0 unspecified atom stereocenters. The first-order valence-electron chi connectivity index (χ1n) is 4.58. The Balaban J connectivity index is 3.13. The lowest BCUT2D eigenvalue weighted by atomic mass is 10.0. The quantitative estimate of drug-likeness (QED) is 0.849. The molecule has 0 radical (unpaired) electrons. The lowest BCUT2D eigenvalue weighted by Crippen LogP contribution is -2.40. The molecule has 0 bridgehead atoms. The number of carboxylic acid groups (broad SMARTS) is 1. The molecule has 1 aromatic rings. The minimum atomic E-state index is -1.16. The van der Waals surface area contributed by atoms with Gasteiger partial charge in [-0.25, -0.2) is 4.79 Å². The number of anilines is 1. The van der Waals surface area contributed by atoms with Gasteiger partial charge in [-0.1, -0.05) is 17.7 Å². The molecule has 1 aromatic carbocycles. The van der Waals surface area contributed by atoms with E-state index in [-0.39, 0.29) is 5.56 Å². The Kier molecular flexibility index (Phi) is 3.41. The smallest absolute Gasteiger partial charge is 0.328 e. The highest BCUT2D eigenvalue weighted by Gasteiger charge is 2.27. The van der Waals surface area contributed by atoms with E-state index in [1.54, 1.807) is 18.2 Å². The largest absolute Gasteiger partial charge is 0.480 e. The second kappa shape index (κ2) is 4.42. The Morgan fingerprint density at radius 3 is 2.69 bits per heavy atom. The topological polar surface area (TPSA) is 73.1 Å². The lowest BCUT2D eigenvalue weighted by Gasteiger charge is -2.23. The van der Waals surface area contributed by atoms with Crippen LogP contribution in [0.25, 0.3) is 0 Å². The number of hydrogen-bond donors (Lipinski definition) is 2. The highest BCUT2D eigenvalue weighted by Crippen LogP contribution is 2.25. The van der Waals surface area contributed by atoms with Crippen LogP contribution in [0.3, 0.4) is 0 Å². The van der Waals surface area contributed by atoms with Crippen molar-refractivity contribution >= 4 is 23.3 Å². The monoisotopic (exact) mass is 238 g/mol. The molecule has 0 saturated heterocycles. The molecule has 16 heavy (non-hydrogen) atoms. The maximum atomic E-state index is 10.9. The summed E-state index contributed by atoms with van der Waals surface area (Å²) < 4.78 is 0. The van der Waals surface area contributed by atoms with Crippen molar-refractivity contribution in [1.82, 2.24) is 0 Å². The van der Waals surface area contributed by atoms with Crippen molar-refractivity contribution in [3.8, 4) is 6.07 Å². The summed E-state index contributed by atoms with van der Waals surface area (Å²) in [7, 11) is 0. The highest BCUT2D eigenvalue weighted by molar-refractivity contribution is 6.32. The van der Waals surface area contributed by atoms with E-state index >= 15 is 0 Å². The highest BCUT2D eigenvalue weighted by atomic mass is 35.5. The van der Waals surface area contributed by atoms with Gasteiger partial charge in [-0.2, -0.15) is 5.26 Å². The summed E-state index contributed by atoms with van der Waals surface area (Å²) in [6.45, 7) is 3.02. The van der Waals surface area contributed by atoms with Crippen LogP contribution in [0.15, 0.2) is 18.2 Å². The molecule has 2 N–H and O–H groups in total. The summed E-state index contributed by atoms with van der Waals surface area (Å²) in [4.78, 5) is 10.9. The molecule has 0 aliphatic rings. The van der Waals surface area contributed by atoms with E-state index in [2.05, 4.69) is 5.32 Å². The molecule has 0 atom stereocenters. The van der Waals surface area contributed by atoms with Gasteiger partial charge in [-0.15, -0.1) is 0 Å². The molecule has 0 amide bonds. The van der Waals surface area contributed by atoms with Gasteiger partial charge in [0.2, 0.25) is 0 Å². The molecule has 0 heterocycles. The number of carbonyl (C=O) groups is 1. The Hall–Kier alpha value is -1.73. The minimum absolute atomic E-state index is 0.249. The molecular weight excluding hydrogens is 228 g/mol. The van der Waals surface area contributed by atoms with E-state index in [9.17, 15) is 4.79 Å². The summed E-state index contributed by atoms with van der Waals surface area (Å²) in [5, 5.41) is 20.9. The molecule has 0 saturated carbocycles. The van der Waals surface area contributed by atoms with Crippen molar-refractivity contribution in [3.05, 3.63) is 28.8 Å². The van der Waals surface area contributed by atoms with E-state index in [1.165, 1.54) is 13.8 Å². The van der Waals surface area contributed by atoms with Gasteiger partial charge >= 0.3 is 5.97 Å². The van der Waals surface area contributed by atoms with Crippen LogP contribution in [0.5, 0.6) is 0 Å². The molecule has 0 fully saturated rings. The summed E-state index contributed by atoms with van der Waals surface area (Å²) in [5.41, 5.74) is -0.489. The third-order valence-electron chi connectivity index (χ3n) is 2.11. The number of aliphatic carboxylic acids is 1. The standard InChI is InChI=1S/C11H11ClN2O2/c1-11(2,10(15)16)14-9-5-3-4-8(12)7(9)6-13/h3-5,14H,1-2H3,(H,15,16). The summed E-state index contributed by atoms with van der Waals surface area (Å²) in [6, 6.07) is 6.80. The number of carboxylic acids is 1. The Labute approximate surface area is 98.5 Å². The fraction of sp³-hybridized carbons (Fsp3) is 0.273. The first kappa shape index (κ1) is 12.3. The van der Waals surface area contributed by atoms with E-state index in [0.717, 1.165) is 0 Å². The fourth-order valence-electron chi connectivity index (χ4n) is 1.13. The Bertz CT molecular complexity index is 464. The lowest BCUT2D eigenvalue weighted by molar-refractivity contribution is -0.141. The second-order valence-corrected chi connectivity index (χ2v) is 4.24. The van der Waals surface area contributed by atoms with Crippen molar-refractivity contribution in [2.45, 2.75) is 19.4 Å². The van der Waals surface area contributed by atoms with E-state index < -0.39 is 11.5 Å². The Morgan fingerprint density at radius 1 is 1.56 bits per heavy atom. The minimum Gasteiger partial charge on any atom is -0.480 e. The predicted octanol–water partition coefficient (Wildman–Crippen LogP) is 2.49. The zero-order chi connectivity index (χ0) is 12.3. The zero-order valence-electron chi connectivity index (χ0n) is 8.91. The number of halogens is 1. The third-order valence-corrected chi connectivity index (χ3v) is 2.42. The van der Waals surface area contributed by atoms with Crippen LogP contribution in [0.2, 0.25) is 5.02 Å². The van der Waals surface area contributed by atoms with Gasteiger partial charge in [0.15, 0.2) is 0 Å². The number of nitrogens with zero attached hydrogens (tertiary/aromatic N) is 1. The number of rotatable bonds is 3. The molecule has 1 rings (SSSR count). The molecular formula is C11H11ClN2O2. The van der Waals surface area contributed by atoms with Crippen molar-refractivity contribution in [2.24, 2.45) is 0 Å². The zero-order valence-corrected chi connectivity index (χ0v) is 9.67. The number of nitriles is 1. The van der Waals surface area contributed by atoms with Crippen LogP contribution in [-0.4, -0.2) is 16.6 Å². The molecule has 0 aromatic heterocycles. The third kappa shape index (κ3) is 2.44. The first-order valence-corrected chi connectivity index (χ1v) is 4.96. The first-order chi connectivity index (χ1) is 7.38. The summed E-state index contributed by atoms with van der Waals surface area (Å²) in [6.07, 6.45) is 0. The van der Waals surface area contributed by atoms with Crippen LogP contribution in [0.1, 0.15) is 19.4 Å². The van der Waals surface area contributed by atoms with E-state index in [0.29, 0.717) is 10.7 Å². The number of nitrogens with one attached hydrogen (secondary N) is 1. The van der Waals surface area contributed by atoms with Gasteiger partial charge in [0.25, 0.3) is 0 Å². The maximum Gasteiger partial charge on any atom is 0.328 e. The van der Waals surface area contributed by atoms with Crippen LogP contribution < -0.4 is 5.32 Å². The van der Waals surface area contributed by atoms with Crippen LogP contribution in [-0.2, 0) is 4.79 Å². The Morgan fingerprint density at radius 2 is 2.19 bits per heavy atom. The van der Waals surface area contributed by atoms with Gasteiger partial charge in [0.1, 0.15) is 11.6 Å². The maximum absolute atomic E-state index is 10.9. The molecule has 4 nitrogen and oxygen atoms in total. The summed E-state index contributed by atoms with van der Waals surface area (Å²) >= 11 is 5.83. The number of benzene rings is 1. The van der Waals surface area contributed by atoms with Gasteiger partial charge < -0.3 is 10.4 Å². The molecule has 84 valence electrons. The van der Waals surface area contributed by atoms with Crippen molar-refractivity contribution < 1.29 is 9.90 Å². The average Bonchev–Trinajstić information content (AvgIpc) is 2.17. The van der Waals surface area contributed by atoms with Crippen LogP contribution in [0, 0.1) is 11.3 Å². The van der Waals surface area contributed by atoms with Gasteiger partial charge in [-0.05, 0) is 26.0 Å².